The van der Waals surface area contributed by atoms with Crippen LogP contribution in [0.25, 0.3) is 0 Å². The Balaban J connectivity index is 2.11. The van der Waals surface area contributed by atoms with Crippen molar-refractivity contribution in [1.29, 1.82) is 0 Å². The number of nitrogens with one attached hydrogen (secondary N) is 2. The minimum absolute atomic E-state index is 0.151. The summed E-state index contributed by atoms with van der Waals surface area (Å²) in [6.45, 7) is 3.84. The number of rotatable bonds is 5. The van der Waals surface area contributed by atoms with Gasteiger partial charge in [0.15, 0.2) is 0 Å². The highest BCUT2D eigenvalue weighted by molar-refractivity contribution is 5.94. The van der Waals surface area contributed by atoms with Gasteiger partial charge in [-0.05, 0) is 37.1 Å². The van der Waals surface area contributed by atoms with Crippen LogP contribution in [0.1, 0.15) is 41.0 Å². The van der Waals surface area contributed by atoms with Crippen LogP contribution < -0.4 is 10.6 Å². The maximum absolute atomic E-state index is 12.3. The van der Waals surface area contributed by atoms with Gasteiger partial charge in [0.1, 0.15) is 0 Å². The maximum Gasteiger partial charge on any atom is 0.337 e. The van der Waals surface area contributed by atoms with E-state index in [1.54, 1.807) is 29.1 Å². The van der Waals surface area contributed by atoms with E-state index in [1.807, 2.05) is 27.0 Å². The molecule has 0 spiro atoms. The van der Waals surface area contributed by atoms with Crippen LogP contribution >= 0.6 is 0 Å². The van der Waals surface area contributed by atoms with Crippen molar-refractivity contribution in [2.24, 2.45) is 7.05 Å². The Morgan fingerprint density at radius 1 is 1.33 bits per heavy atom. The first-order valence-corrected chi connectivity index (χ1v) is 7.70. The lowest BCUT2D eigenvalue weighted by Gasteiger charge is -2.18. The van der Waals surface area contributed by atoms with E-state index in [2.05, 4.69) is 15.7 Å². The molecule has 0 aliphatic heterocycles. The van der Waals surface area contributed by atoms with Crippen LogP contribution in [0.3, 0.4) is 0 Å². The molecule has 0 radical (unpaired) electrons. The number of amides is 2. The highest BCUT2D eigenvalue weighted by Crippen LogP contribution is 2.19. The number of carbonyl (C=O) groups excluding carboxylic acids is 2. The zero-order valence-corrected chi connectivity index (χ0v) is 14.3. The van der Waals surface area contributed by atoms with Crippen molar-refractivity contribution < 1.29 is 14.3 Å². The Labute approximate surface area is 141 Å². The third kappa shape index (κ3) is 3.92. The fraction of sp³-hybridized carbons (Fsp3) is 0.353. The van der Waals surface area contributed by atoms with E-state index >= 15 is 0 Å². The molecule has 0 unspecified atom stereocenters. The highest BCUT2D eigenvalue weighted by Gasteiger charge is 2.17. The van der Waals surface area contributed by atoms with Gasteiger partial charge in [-0.25, -0.2) is 9.59 Å². The lowest BCUT2D eigenvalue weighted by molar-refractivity contribution is 0.0600. The van der Waals surface area contributed by atoms with Gasteiger partial charge in [0.25, 0.3) is 0 Å². The van der Waals surface area contributed by atoms with Crippen LogP contribution in [0.15, 0.2) is 30.5 Å². The van der Waals surface area contributed by atoms with Gasteiger partial charge < -0.3 is 15.4 Å². The molecular formula is C17H22N4O3. The van der Waals surface area contributed by atoms with E-state index in [1.165, 1.54) is 7.11 Å². The highest BCUT2D eigenvalue weighted by atomic mass is 16.5. The summed E-state index contributed by atoms with van der Waals surface area (Å²) in [6, 6.07) is 6.41. The first-order chi connectivity index (χ1) is 11.5. The van der Waals surface area contributed by atoms with Gasteiger partial charge in [0.05, 0.1) is 24.4 Å². The van der Waals surface area contributed by atoms with Gasteiger partial charge in [-0.15, -0.1) is 0 Å². The van der Waals surface area contributed by atoms with E-state index in [9.17, 15) is 9.59 Å². The molecule has 1 aromatic carbocycles. The van der Waals surface area contributed by atoms with Crippen molar-refractivity contribution in [3.8, 4) is 0 Å². The first-order valence-electron chi connectivity index (χ1n) is 7.70. The number of aromatic nitrogens is 2. The summed E-state index contributed by atoms with van der Waals surface area (Å²) in [5.41, 5.74) is 2.73. The summed E-state index contributed by atoms with van der Waals surface area (Å²) < 4.78 is 6.44. The normalized spacial score (nSPS) is 11.7. The Morgan fingerprint density at radius 2 is 2.08 bits per heavy atom. The number of aryl methyl sites for hydroxylation is 2. The van der Waals surface area contributed by atoms with Crippen molar-refractivity contribution >= 4 is 17.7 Å². The van der Waals surface area contributed by atoms with Crippen LogP contribution in [-0.4, -0.2) is 28.9 Å². The molecule has 0 fully saturated rings. The van der Waals surface area contributed by atoms with Crippen LogP contribution in [0.4, 0.5) is 10.5 Å². The molecule has 0 saturated carbocycles. The number of hydrogen-bond acceptors (Lipinski definition) is 4. The van der Waals surface area contributed by atoms with Gasteiger partial charge in [0, 0.05) is 18.9 Å². The number of carbonyl (C=O) groups is 2. The van der Waals surface area contributed by atoms with Crippen LogP contribution in [0.2, 0.25) is 0 Å². The molecule has 1 atom stereocenters. The van der Waals surface area contributed by atoms with Crippen molar-refractivity contribution in [3.05, 3.63) is 47.3 Å². The zero-order chi connectivity index (χ0) is 17.7. The maximum atomic E-state index is 12.3. The summed E-state index contributed by atoms with van der Waals surface area (Å²) in [7, 11) is 3.16. The van der Waals surface area contributed by atoms with E-state index in [0.717, 1.165) is 17.7 Å². The second-order valence-corrected chi connectivity index (χ2v) is 5.46. The molecule has 2 N–H and O–H groups in total. The van der Waals surface area contributed by atoms with E-state index in [0.29, 0.717) is 11.3 Å². The second-order valence-electron chi connectivity index (χ2n) is 5.46. The van der Waals surface area contributed by atoms with Gasteiger partial charge in [0.2, 0.25) is 0 Å². The van der Waals surface area contributed by atoms with Crippen LogP contribution in [0.5, 0.6) is 0 Å². The zero-order valence-electron chi connectivity index (χ0n) is 14.3. The molecule has 0 bridgehead atoms. The molecule has 0 aliphatic rings. The Morgan fingerprint density at radius 3 is 2.67 bits per heavy atom. The molecule has 2 aromatic rings. The number of anilines is 1. The average Bonchev–Trinajstić information content (AvgIpc) is 2.99. The number of esters is 1. The molecule has 7 nitrogen and oxygen atoms in total. The first kappa shape index (κ1) is 17.5. The minimum Gasteiger partial charge on any atom is -0.465 e. The smallest absolute Gasteiger partial charge is 0.337 e. The molecule has 0 aliphatic carbocycles. The van der Waals surface area contributed by atoms with E-state index < -0.39 is 5.97 Å². The number of hydrogen-bond donors (Lipinski definition) is 2. The average molecular weight is 330 g/mol. The van der Waals surface area contributed by atoms with Gasteiger partial charge >= 0.3 is 12.0 Å². The summed E-state index contributed by atoms with van der Waals surface area (Å²) in [6.07, 6.45) is 2.43. The SMILES string of the molecule is CC[C@H](NC(=O)Nc1cc(C(=O)OC)ccc1C)c1ccnn1C. The molecule has 1 aromatic heterocycles. The van der Waals surface area contributed by atoms with Crippen molar-refractivity contribution in [2.45, 2.75) is 26.3 Å². The molecule has 0 saturated heterocycles. The van der Waals surface area contributed by atoms with Gasteiger partial charge in [-0.1, -0.05) is 13.0 Å². The molecule has 2 amide bonds. The lowest BCUT2D eigenvalue weighted by atomic mass is 10.1. The quantitative estimate of drug-likeness (QED) is 0.826. The summed E-state index contributed by atoms with van der Waals surface area (Å²) >= 11 is 0. The molecule has 128 valence electrons. The Hall–Kier alpha value is -2.83. The van der Waals surface area contributed by atoms with Crippen molar-refractivity contribution in [1.82, 2.24) is 15.1 Å². The standard InChI is InChI=1S/C17H22N4O3/c1-5-13(15-8-9-18-21(15)3)19-17(23)20-14-10-12(16(22)24-4)7-6-11(14)2/h6-10,13H,5H2,1-4H3,(H2,19,20,23)/t13-/m0/s1. The minimum atomic E-state index is -0.445. The van der Waals surface area contributed by atoms with Crippen LogP contribution in [-0.2, 0) is 11.8 Å². The number of ether oxygens (including phenoxy) is 1. The Kier molecular flexibility index (Phi) is 5.57. The van der Waals surface area contributed by atoms with Crippen molar-refractivity contribution in [2.75, 3.05) is 12.4 Å². The van der Waals surface area contributed by atoms with Crippen LogP contribution in [0, 0.1) is 6.92 Å². The topological polar surface area (TPSA) is 85.2 Å². The third-order valence-electron chi connectivity index (χ3n) is 3.84. The lowest BCUT2D eigenvalue weighted by Crippen LogP contribution is -2.33. The molecule has 7 heteroatoms. The number of methoxy groups -OCH3 is 1. The molecular weight excluding hydrogens is 308 g/mol. The number of benzene rings is 1. The predicted molar refractivity (Wildman–Crippen MR) is 90.9 cm³/mol. The van der Waals surface area contributed by atoms with Crippen molar-refractivity contribution in [3.63, 3.8) is 0 Å². The fourth-order valence-electron chi connectivity index (χ4n) is 2.43. The molecule has 1 heterocycles. The van der Waals surface area contributed by atoms with E-state index in [4.69, 9.17) is 4.74 Å². The number of urea groups is 1. The summed E-state index contributed by atoms with van der Waals surface area (Å²) in [5.74, 6) is -0.445. The number of nitrogens with zero attached hydrogens (tertiary/aromatic N) is 2. The molecule has 24 heavy (non-hydrogen) atoms. The second kappa shape index (κ2) is 7.63. The van der Waals surface area contributed by atoms with Gasteiger partial charge in [-0.2, -0.15) is 5.10 Å². The third-order valence-corrected chi connectivity index (χ3v) is 3.84. The van der Waals surface area contributed by atoms with E-state index in [-0.39, 0.29) is 12.1 Å². The Bertz CT molecular complexity index is 739. The summed E-state index contributed by atoms with van der Waals surface area (Å²) in [4.78, 5) is 23.9. The van der Waals surface area contributed by atoms with Gasteiger partial charge in [-0.3, -0.25) is 4.68 Å². The summed E-state index contributed by atoms with van der Waals surface area (Å²) in [5, 5.41) is 9.83. The molecule has 2 rings (SSSR count). The largest absolute Gasteiger partial charge is 0.465 e. The monoisotopic (exact) mass is 330 g/mol. The fourth-order valence-corrected chi connectivity index (χ4v) is 2.43. The predicted octanol–water partition coefficient (Wildman–Crippen LogP) is 2.79.